The maximum atomic E-state index is 11.9. The zero-order valence-corrected chi connectivity index (χ0v) is 11.7. The van der Waals surface area contributed by atoms with E-state index in [2.05, 4.69) is 5.32 Å². The largest absolute Gasteiger partial charge is 0.508 e. The van der Waals surface area contributed by atoms with E-state index in [9.17, 15) is 19.8 Å². The molecular formula is C14H20N2O4. The Morgan fingerprint density at radius 3 is 2.20 bits per heavy atom. The molecule has 0 fully saturated rings. The molecule has 0 radical (unpaired) electrons. The average molecular weight is 280 g/mol. The Kier molecular flexibility index (Phi) is 5.83. The van der Waals surface area contributed by atoms with Gasteiger partial charge in [-0.2, -0.15) is 0 Å². The van der Waals surface area contributed by atoms with Crippen molar-refractivity contribution in [2.45, 2.75) is 26.3 Å². The SMILES string of the molecule is CCN(CC)C(=O)NC(Cc1ccc(O)cc1)C(=O)O. The quantitative estimate of drug-likeness (QED) is 0.735. The van der Waals surface area contributed by atoms with Crippen LogP contribution >= 0.6 is 0 Å². The van der Waals surface area contributed by atoms with Crippen molar-refractivity contribution in [1.82, 2.24) is 10.2 Å². The topological polar surface area (TPSA) is 89.9 Å². The fourth-order valence-electron chi connectivity index (χ4n) is 1.82. The molecule has 6 nitrogen and oxygen atoms in total. The van der Waals surface area contributed by atoms with Crippen LogP contribution in [0.1, 0.15) is 19.4 Å². The molecular weight excluding hydrogens is 260 g/mol. The second-order valence-corrected chi connectivity index (χ2v) is 4.38. The molecule has 110 valence electrons. The van der Waals surface area contributed by atoms with E-state index >= 15 is 0 Å². The number of carboxylic acids is 1. The summed E-state index contributed by atoms with van der Waals surface area (Å²) in [7, 11) is 0. The van der Waals surface area contributed by atoms with Gasteiger partial charge in [0.2, 0.25) is 0 Å². The van der Waals surface area contributed by atoms with Crippen LogP contribution in [0, 0.1) is 0 Å². The fourth-order valence-corrected chi connectivity index (χ4v) is 1.82. The van der Waals surface area contributed by atoms with Gasteiger partial charge in [0.25, 0.3) is 0 Å². The summed E-state index contributed by atoms with van der Waals surface area (Å²) in [5.74, 6) is -0.966. The minimum atomic E-state index is -1.08. The predicted molar refractivity (Wildman–Crippen MR) is 74.7 cm³/mol. The lowest BCUT2D eigenvalue weighted by Gasteiger charge is -2.22. The first-order valence-electron chi connectivity index (χ1n) is 6.54. The van der Waals surface area contributed by atoms with E-state index in [1.165, 1.54) is 17.0 Å². The molecule has 0 heterocycles. The van der Waals surface area contributed by atoms with Gasteiger partial charge < -0.3 is 20.4 Å². The number of hydrogen-bond acceptors (Lipinski definition) is 3. The molecule has 0 spiro atoms. The van der Waals surface area contributed by atoms with Crippen molar-refractivity contribution < 1.29 is 19.8 Å². The van der Waals surface area contributed by atoms with E-state index in [0.717, 1.165) is 5.56 Å². The van der Waals surface area contributed by atoms with Crippen LogP contribution in [-0.2, 0) is 11.2 Å². The zero-order valence-electron chi connectivity index (χ0n) is 11.7. The highest BCUT2D eigenvalue weighted by Crippen LogP contribution is 2.11. The highest BCUT2D eigenvalue weighted by atomic mass is 16.4. The van der Waals surface area contributed by atoms with Crippen molar-refractivity contribution in [2.24, 2.45) is 0 Å². The number of aliphatic carboxylic acids is 1. The van der Waals surface area contributed by atoms with Crippen molar-refractivity contribution in [3.05, 3.63) is 29.8 Å². The van der Waals surface area contributed by atoms with E-state index in [-0.39, 0.29) is 18.2 Å². The molecule has 0 saturated heterocycles. The number of carbonyl (C=O) groups is 2. The summed E-state index contributed by atoms with van der Waals surface area (Å²) in [6.07, 6.45) is 0.169. The molecule has 1 aromatic carbocycles. The zero-order chi connectivity index (χ0) is 15.1. The van der Waals surface area contributed by atoms with Crippen LogP contribution in [0.4, 0.5) is 4.79 Å². The van der Waals surface area contributed by atoms with Gasteiger partial charge in [-0.05, 0) is 31.5 Å². The number of nitrogens with zero attached hydrogens (tertiary/aromatic N) is 1. The van der Waals surface area contributed by atoms with Gasteiger partial charge in [0.15, 0.2) is 0 Å². The Labute approximate surface area is 118 Å². The van der Waals surface area contributed by atoms with Gasteiger partial charge in [-0.1, -0.05) is 12.1 Å². The van der Waals surface area contributed by atoms with E-state index in [0.29, 0.717) is 13.1 Å². The minimum Gasteiger partial charge on any atom is -0.508 e. The summed E-state index contributed by atoms with van der Waals surface area (Å²) in [5.41, 5.74) is 0.732. The summed E-state index contributed by atoms with van der Waals surface area (Å²) in [6.45, 7) is 4.71. The van der Waals surface area contributed by atoms with Crippen LogP contribution in [0.25, 0.3) is 0 Å². The highest BCUT2D eigenvalue weighted by Gasteiger charge is 2.22. The smallest absolute Gasteiger partial charge is 0.326 e. The molecule has 1 atom stereocenters. The third-order valence-corrected chi connectivity index (χ3v) is 3.02. The second-order valence-electron chi connectivity index (χ2n) is 4.38. The number of phenols is 1. The van der Waals surface area contributed by atoms with Crippen LogP contribution in [0.5, 0.6) is 5.75 Å². The van der Waals surface area contributed by atoms with Gasteiger partial charge in [-0.15, -0.1) is 0 Å². The van der Waals surface area contributed by atoms with Crippen LogP contribution in [0.3, 0.4) is 0 Å². The molecule has 6 heteroatoms. The molecule has 0 aliphatic rings. The molecule has 1 aromatic rings. The van der Waals surface area contributed by atoms with Crippen molar-refractivity contribution in [3.63, 3.8) is 0 Å². The fraction of sp³-hybridized carbons (Fsp3) is 0.429. The number of benzene rings is 1. The third kappa shape index (κ3) is 4.46. The van der Waals surface area contributed by atoms with Gasteiger partial charge in [-0.25, -0.2) is 9.59 Å². The maximum absolute atomic E-state index is 11.9. The van der Waals surface area contributed by atoms with Crippen molar-refractivity contribution in [1.29, 1.82) is 0 Å². The Bertz CT molecular complexity index is 455. The first-order valence-corrected chi connectivity index (χ1v) is 6.54. The Morgan fingerprint density at radius 1 is 1.20 bits per heavy atom. The number of carboxylic acid groups (broad SMARTS) is 1. The van der Waals surface area contributed by atoms with E-state index in [1.54, 1.807) is 12.1 Å². The second kappa shape index (κ2) is 7.37. The minimum absolute atomic E-state index is 0.118. The Morgan fingerprint density at radius 2 is 1.75 bits per heavy atom. The number of carbonyl (C=O) groups excluding carboxylic acids is 1. The van der Waals surface area contributed by atoms with Crippen molar-refractivity contribution >= 4 is 12.0 Å². The molecule has 1 rings (SSSR count). The number of phenolic OH excluding ortho intramolecular Hbond substituents is 1. The molecule has 2 amide bonds. The molecule has 0 aromatic heterocycles. The normalized spacial score (nSPS) is 11.7. The number of urea groups is 1. The maximum Gasteiger partial charge on any atom is 0.326 e. The Hall–Kier alpha value is -2.24. The number of nitrogens with one attached hydrogen (secondary N) is 1. The van der Waals surface area contributed by atoms with Gasteiger partial charge >= 0.3 is 12.0 Å². The van der Waals surface area contributed by atoms with Gasteiger partial charge in [0, 0.05) is 19.5 Å². The average Bonchev–Trinajstić information content (AvgIpc) is 2.41. The van der Waals surface area contributed by atoms with Gasteiger partial charge in [-0.3, -0.25) is 0 Å². The summed E-state index contributed by atoms with van der Waals surface area (Å²) < 4.78 is 0. The lowest BCUT2D eigenvalue weighted by molar-refractivity contribution is -0.139. The summed E-state index contributed by atoms with van der Waals surface area (Å²) >= 11 is 0. The lowest BCUT2D eigenvalue weighted by Crippen LogP contribution is -2.48. The van der Waals surface area contributed by atoms with Crippen molar-refractivity contribution in [2.75, 3.05) is 13.1 Å². The van der Waals surface area contributed by atoms with E-state index < -0.39 is 12.0 Å². The molecule has 0 saturated carbocycles. The lowest BCUT2D eigenvalue weighted by atomic mass is 10.1. The molecule has 0 aliphatic carbocycles. The van der Waals surface area contributed by atoms with Gasteiger partial charge in [0.05, 0.1) is 0 Å². The first-order chi connectivity index (χ1) is 9.47. The summed E-state index contributed by atoms with van der Waals surface area (Å²) in [6, 6.07) is 4.86. The number of hydrogen-bond donors (Lipinski definition) is 3. The van der Waals surface area contributed by atoms with Crippen LogP contribution in [-0.4, -0.2) is 46.2 Å². The predicted octanol–water partition coefficient (Wildman–Crippen LogP) is 1.44. The molecule has 20 heavy (non-hydrogen) atoms. The summed E-state index contributed by atoms with van der Waals surface area (Å²) in [4.78, 5) is 24.6. The standard InChI is InChI=1S/C14H20N2O4/c1-3-16(4-2)14(20)15-12(13(18)19)9-10-5-7-11(17)8-6-10/h5-8,12,17H,3-4,9H2,1-2H3,(H,15,20)(H,18,19). The molecule has 0 bridgehead atoms. The Balaban J connectivity index is 2.72. The number of rotatable bonds is 6. The van der Waals surface area contributed by atoms with Gasteiger partial charge in [0.1, 0.15) is 11.8 Å². The number of aromatic hydroxyl groups is 1. The van der Waals surface area contributed by atoms with Crippen LogP contribution < -0.4 is 5.32 Å². The van der Waals surface area contributed by atoms with Crippen molar-refractivity contribution in [3.8, 4) is 5.75 Å². The van der Waals surface area contributed by atoms with E-state index in [1.807, 2.05) is 13.8 Å². The van der Waals surface area contributed by atoms with E-state index in [4.69, 9.17) is 0 Å². The molecule has 1 unspecified atom stereocenters. The summed E-state index contributed by atoms with van der Waals surface area (Å²) in [5, 5.41) is 20.9. The monoisotopic (exact) mass is 280 g/mol. The molecule has 0 aliphatic heterocycles. The highest BCUT2D eigenvalue weighted by molar-refractivity contribution is 5.82. The molecule has 3 N–H and O–H groups in total. The van der Waals surface area contributed by atoms with Crippen LogP contribution in [0.15, 0.2) is 24.3 Å². The third-order valence-electron chi connectivity index (χ3n) is 3.02. The number of amides is 2. The first kappa shape index (κ1) is 15.8. The van der Waals surface area contributed by atoms with Crippen LogP contribution in [0.2, 0.25) is 0 Å².